The summed E-state index contributed by atoms with van der Waals surface area (Å²) in [6.45, 7) is 10.3. The second kappa shape index (κ2) is 7.33. The molecule has 1 aromatic carbocycles. The molecule has 1 rings (SSSR count). The van der Waals surface area contributed by atoms with E-state index in [2.05, 4.69) is 37.8 Å². The largest absolute Gasteiger partial charge is 0.399 e. The number of nitrogen functional groups attached to an aromatic ring is 1. The van der Waals surface area contributed by atoms with Crippen LogP contribution in [0.15, 0.2) is 24.3 Å². The molecule has 0 fully saturated rings. The van der Waals surface area contributed by atoms with Crippen molar-refractivity contribution in [2.45, 2.75) is 33.6 Å². The maximum absolute atomic E-state index is 5.68. The van der Waals surface area contributed by atoms with E-state index in [-0.39, 0.29) is 0 Å². The Morgan fingerprint density at radius 2 is 1.82 bits per heavy atom. The number of anilines is 1. The molecule has 0 heterocycles. The van der Waals surface area contributed by atoms with E-state index in [0.717, 1.165) is 31.1 Å². The van der Waals surface area contributed by atoms with Gasteiger partial charge in [0.15, 0.2) is 0 Å². The lowest BCUT2D eigenvalue weighted by atomic mass is 10.1. The van der Waals surface area contributed by atoms with Gasteiger partial charge in [-0.25, -0.2) is 0 Å². The summed E-state index contributed by atoms with van der Waals surface area (Å²) in [5.41, 5.74) is 7.91. The van der Waals surface area contributed by atoms with Gasteiger partial charge in [0.05, 0.1) is 0 Å². The summed E-state index contributed by atoms with van der Waals surface area (Å²) in [4.78, 5) is 2.53. The van der Waals surface area contributed by atoms with Gasteiger partial charge in [-0.1, -0.05) is 39.3 Å². The van der Waals surface area contributed by atoms with E-state index in [1.807, 2.05) is 12.1 Å². The van der Waals surface area contributed by atoms with Gasteiger partial charge in [0.1, 0.15) is 0 Å². The van der Waals surface area contributed by atoms with Crippen LogP contribution in [0.1, 0.15) is 32.8 Å². The first kappa shape index (κ1) is 14.0. The first-order valence-corrected chi connectivity index (χ1v) is 6.72. The standard InChI is InChI=1S/C15H26N2/c1-4-13(3)12-17(5-2)11-10-14-6-8-15(16)9-7-14/h6-9,13H,4-5,10-12,16H2,1-3H3. The van der Waals surface area contributed by atoms with Gasteiger partial charge < -0.3 is 10.6 Å². The summed E-state index contributed by atoms with van der Waals surface area (Å²) in [6, 6.07) is 8.24. The number of benzene rings is 1. The summed E-state index contributed by atoms with van der Waals surface area (Å²) < 4.78 is 0. The molecule has 0 aliphatic rings. The van der Waals surface area contributed by atoms with Crippen molar-refractivity contribution in [3.8, 4) is 0 Å². The number of hydrogen-bond acceptors (Lipinski definition) is 2. The van der Waals surface area contributed by atoms with Crippen molar-refractivity contribution in [2.24, 2.45) is 5.92 Å². The topological polar surface area (TPSA) is 29.3 Å². The number of likely N-dealkylation sites (N-methyl/N-ethyl adjacent to an activating group) is 1. The maximum Gasteiger partial charge on any atom is 0.0314 e. The normalized spacial score (nSPS) is 12.9. The minimum absolute atomic E-state index is 0.793. The summed E-state index contributed by atoms with van der Waals surface area (Å²) in [5.74, 6) is 0.793. The molecule has 1 unspecified atom stereocenters. The lowest BCUT2D eigenvalue weighted by Gasteiger charge is -2.23. The Morgan fingerprint density at radius 1 is 1.18 bits per heavy atom. The molecule has 2 heteroatoms. The Labute approximate surface area is 106 Å². The number of nitrogens with zero attached hydrogens (tertiary/aromatic N) is 1. The zero-order valence-corrected chi connectivity index (χ0v) is 11.4. The van der Waals surface area contributed by atoms with Gasteiger partial charge in [0.25, 0.3) is 0 Å². The van der Waals surface area contributed by atoms with Gasteiger partial charge in [-0.05, 0) is 36.6 Å². The molecule has 2 nitrogen and oxygen atoms in total. The zero-order chi connectivity index (χ0) is 12.7. The highest BCUT2D eigenvalue weighted by Gasteiger charge is 2.07. The van der Waals surface area contributed by atoms with Crippen molar-refractivity contribution in [3.63, 3.8) is 0 Å². The van der Waals surface area contributed by atoms with Gasteiger partial charge in [0, 0.05) is 18.8 Å². The Bertz CT molecular complexity index is 305. The van der Waals surface area contributed by atoms with E-state index in [1.165, 1.54) is 18.5 Å². The van der Waals surface area contributed by atoms with Crippen molar-refractivity contribution < 1.29 is 0 Å². The second-order valence-corrected chi connectivity index (χ2v) is 4.90. The molecule has 0 spiro atoms. The van der Waals surface area contributed by atoms with Crippen LogP contribution >= 0.6 is 0 Å². The van der Waals surface area contributed by atoms with Gasteiger partial charge in [0.2, 0.25) is 0 Å². The van der Waals surface area contributed by atoms with Crippen LogP contribution in [0.5, 0.6) is 0 Å². The van der Waals surface area contributed by atoms with Crippen LogP contribution in [0.25, 0.3) is 0 Å². The predicted octanol–water partition coefficient (Wildman–Crippen LogP) is 3.18. The minimum Gasteiger partial charge on any atom is -0.399 e. The van der Waals surface area contributed by atoms with Crippen molar-refractivity contribution >= 4 is 5.69 Å². The lowest BCUT2D eigenvalue weighted by molar-refractivity contribution is 0.248. The predicted molar refractivity (Wildman–Crippen MR) is 76.1 cm³/mol. The molecule has 1 atom stereocenters. The summed E-state index contributed by atoms with van der Waals surface area (Å²) >= 11 is 0. The van der Waals surface area contributed by atoms with E-state index >= 15 is 0 Å². The molecule has 0 radical (unpaired) electrons. The van der Waals surface area contributed by atoms with Crippen LogP contribution in [0.2, 0.25) is 0 Å². The number of rotatable bonds is 7. The van der Waals surface area contributed by atoms with Crippen LogP contribution in [0, 0.1) is 5.92 Å². The maximum atomic E-state index is 5.68. The van der Waals surface area contributed by atoms with Crippen molar-refractivity contribution in [1.82, 2.24) is 4.90 Å². The van der Waals surface area contributed by atoms with Gasteiger partial charge in [-0.15, -0.1) is 0 Å². The fourth-order valence-corrected chi connectivity index (χ4v) is 1.92. The van der Waals surface area contributed by atoms with Crippen LogP contribution in [0.3, 0.4) is 0 Å². The van der Waals surface area contributed by atoms with E-state index < -0.39 is 0 Å². The highest BCUT2D eigenvalue weighted by Crippen LogP contribution is 2.08. The Balaban J connectivity index is 2.39. The van der Waals surface area contributed by atoms with E-state index in [9.17, 15) is 0 Å². The van der Waals surface area contributed by atoms with Crippen LogP contribution in [-0.4, -0.2) is 24.5 Å². The highest BCUT2D eigenvalue weighted by atomic mass is 15.1. The molecule has 96 valence electrons. The fourth-order valence-electron chi connectivity index (χ4n) is 1.92. The Kier molecular flexibility index (Phi) is 6.06. The third kappa shape index (κ3) is 5.22. The molecule has 0 bridgehead atoms. The molecule has 0 aromatic heterocycles. The highest BCUT2D eigenvalue weighted by molar-refractivity contribution is 5.39. The molecule has 1 aromatic rings. The van der Waals surface area contributed by atoms with Crippen LogP contribution in [-0.2, 0) is 6.42 Å². The smallest absolute Gasteiger partial charge is 0.0314 e. The quantitative estimate of drug-likeness (QED) is 0.734. The van der Waals surface area contributed by atoms with Gasteiger partial charge >= 0.3 is 0 Å². The van der Waals surface area contributed by atoms with Gasteiger partial charge in [-0.2, -0.15) is 0 Å². The first-order chi connectivity index (χ1) is 8.15. The van der Waals surface area contributed by atoms with E-state index in [0.29, 0.717) is 0 Å². The molecule has 17 heavy (non-hydrogen) atoms. The molecule has 0 amide bonds. The lowest BCUT2D eigenvalue weighted by Crippen LogP contribution is -2.30. The third-order valence-corrected chi connectivity index (χ3v) is 3.41. The average molecular weight is 234 g/mol. The molecule has 0 saturated heterocycles. The molecule has 0 aliphatic heterocycles. The number of hydrogen-bond donors (Lipinski definition) is 1. The summed E-state index contributed by atoms with van der Waals surface area (Å²) in [5, 5.41) is 0. The van der Waals surface area contributed by atoms with Crippen molar-refractivity contribution in [2.75, 3.05) is 25.4 Å². The summed E-state index contributed by atoms with van der Waals surface area (Å²) in [7, 11) is 0. The van der Waals surface area contributed by atoms with Crippen LogP contribution < -0.4 is 5.73 Å². The number of nitrogens with two attached hydrogens (primary N) is 1. The Hall–Kier alpha value is -1.02. The molecule has 0 saturated carbocycles. The summed E-state index contributed by atoms with van der Waals surface area (Å²) in [6.07, 6.45) is 2.38. The SMILES string of the molecule is CCC(C)CN(CC)CCc1ccc(N)cc1. The third-order valence-electron chi connectivity index (χ3n) is 3.41. The minimum atomic E-state index is 0.793. The zero-order valence-electron chi connectivity index (χ0n) is 11.4. The van der Waals surface area contributed by atoms with Gasteiger partial charge in [-0.3, -0.25) is 0 Å². The second-order valence-electron chi connectivity index (χ2n) is 4.90. The molecule has 0 aliphatic carbocycles. The van der Waals surface area contributed by atoms with Crippen molar-refractivity contribution in [1.29, 1.82) is 0 Å². The Morgan fingerprint density at radius 3 is 2.35 bits per heavy atom. The van der Waals surface area contributed by atoms with Crippen LogP contribution in [0.4, 0.5) is 5.69 Å². The molecule has 2 N–H and O–H groups in total. The van der Waals surface area contributed by atoms with E-state index in [4.69, 9.17) is 5.73 Å². The van der Waals surface area contributed by atoms with Crippen molar-refractivity contribution in [3.05, 3.63) is 29.8 Å². The fraction of sp³-hybridized carbons (Fsp3) is 0.600. The monoisotopic (exact) mass is 234 g/mol. The van der Waals surface area contributed by atoms with E-state index in [1.54, 1.807) is 0 Å². The molecular weight excluding hydrogens is 208 g/mol. The molecular formula is C15H26N2. The average Bonchev–Trinajstić information content (AvgIpc) is 2.36. The first-order valence-electron chi connectivity index (χ1n) is 6.72.